The third kappa shape index (κ3) is 5.27. The minimum atomic E-state index is -4.78. The summed E-state index contributed by atoms with van der Waals surface area (Å²) in [4.78, 5) is 7.80. The van der Waals surface area contributed by atoms with Crippen molar-refractivity contribution in [3.05, 3.63) is 48.8 Å². The van der Waals surface area contributed by atoms with Crippen LogP contribution in [0.4, 0.5) is 32.0 Å². The number of epoxide rings is 1. The lowest BCUT2D eigenvalue weighted by atomic mass is 9.81. The van der Waals surface area contributed by atoms with Crippen molar-refractivity contribution in [1.29, 1.82) is 0 Å². The van der Waals surface area contributed by atoms with E-state index in [-0.39, 0.29) is 11.4 Å². The fourth-order valence-corrected chi connectivity index (χ4v) is 3.27. The maximum Gasteiger partial charge on any atom is 0.395 e. The van der Waals surface area contributed by atoms with Crippen molar-refractivity contribution in [2.45, 2.75) is 30.9 Å². The Balaban J connectivity index is 1.46. The molecule has 3 heterocycles. The molecule has 0 saturated carbocycles. The molecule has 3 atom stereocenters. The molecule has 172 valence electrons. The van der Waals surface area contributed by atoms with Crippen LogP contribution in [0.2, 0.25) is 0 Å². The second-order valence-corrected chi connectivity index (χ2v) is 7.55. The standard InChI is InChI=1S/C19H18F6N6O/c20-18(21,22)13-7-12(8-14(9-13)19(23,24)25)16-27-11-31(29-16)6-3-17(10-32-17)30-28-15-1-4-26-5-2-15/h1-7,11,13-14,30H,8-10H2,(H,26,28)/b6-3-. The number of halogens is 6. The first-order valence-electron chi connectivity index (χ1n) is 9.56. The zero-order valence-electron chi connectivity index (χ0n) is 16.4. The van der Waals surface area contributed by atoms with Gasteiger partial charge in [-0.05, 0) is 36.6 Å². The van der Waals surface area contributed by atoms with Crippen LogP contribution in [-0.4, -0.2) is 44.4 Å². The summed E-state index contributed by atoms with van der Waals surface area (Å²) >= 11 is 0. The van der Waals surface area contributed by atoms with E-state index >= 15 is 0 Å². The summed E-state index contributed by atoms with van der Waals surface area (Å²) < 4.78 is 85.5. The molecule has 1 aliphatic heterocycles. The van der Waals surface area contributed by atoms with Crippen molar-refractivity contribution in [1.82, 2.24) is 25.2 Å². The number of hydrogen-bond donors (Lipinski definition) is 2. The van der Waals surface area contributed by atoms with Gasteiger partial charge in [-0.1, -0.05) is 6.08 Å². The van der Waals surface area contributed by atoms with Crippen molar-refractivity contribution in [3.63, 3.8) is 0 Å². The van der Waals surface area contributed by atoms with Gasteiger partial charge in [-0.3, -0.25) is 4.98 Å². The van der Waals surface area contributed by atoms with E-state index in [0.29, 0.717) is 6.61 Å². The lowest BCUT2D eigenvalue weighted by Gasteiger charge is -2.30. The molecule has 3 unspecified atom stereocenters. The number of nitrogens with zero attached hydrogens (tertiary/aromatic N) is 4. The van der Waals surface area contributed by atoms with Crippen molar-refractivity contribution in [2.24, 2.45) is 11.8 Å². The number of ether oxygens (including phenoxy) is 1. The number of alkyl halides is 6. The normalized spacial score (nSPS) is 26.2. The summed E-state index contributed by atoms with van der Waals surface area (Å²) in [5.41, 5.74) is 5.64. The summed E-state index contributed by atoms with van der Waals surface area (Å²) in [5.74, 6) is -4.48. The van der Waals surface area contributed by atoms with E-state index in [4.69, 9.17) is 4.74 Å². The average Bonchev–Trinajstić information content (AvgIpc) is 3.36. The lowest BCUT2D eigenvalue weighted by Crippen LogP contribution is -2.35. The molecule has 13 heteroatoms. The fourth-order valence-electron chi connectivity index (χ4n) is 3.27. The van der Waals surface area contributed by atoms with Crippen molar-refractivity contribution >= 4 is 17.5 Å². The number of hydrogen-bond acceptors (Lipinski definition) is 6. The summed E-state index contributed by atoms with van der Waals surface area (Å²) in [6.45, 7) is 0.342. The summed E-state index contributed by atoms with van der Waals surface area (Å²) in [5, 5.41) is 4.02. The number of anilines is 1. The molecular formula is C19H18F6N6O. The summed E-state index contributed by atoms with van der Waals surface area (Å²) in [6.07, 6.45) is -2.90. The molecule has 0 aromatic carbocycles. The molecule has 2 aliphatic rings. The third-order valence-corrected chi connectivity index (χ3v) is 5.14. The molecule has 0 spiro atoms. The van der Waals surface area contributed by atoms with Crippen LogP contribution in [0.1, 0.15) is 18.7 Å². The van der Waals surface area contributed by atoms with Crippen molar-refractivity contribution < 1.29 is 31.1 Å². The molecule has 7 nitrogen and oxygen atoms in total. The van der Waals surface area contributed by atoms with E-state index < -0.39 is 42.8 Å². The molecule has 2 aromatic heterocycles. The van der Waals surface area contributed by atoms with Crippen LogP contribution in [0, 0.1) is 11.8 Å². The highest BCUT2D eigenvalue weighted by molar-refractivity contribution is 5.61. The Labute approximate surface area is 178 Å². The molecular weight excluding hydrogens is 442 g/mol. The van der Waals surface area contributed by atoms with E-state index in [9.17, 15) is 26.3 Å². The van der Waals surface area contributed by atoms with E-state index in [0.717, 1.165) is 11.8 Å². The first-order valence-corrected chi connectivity index (χ1v) is 9.56. The Morgan fingerprint density at radius 1 is 1.12 bits per heavy atom. The molecule has 1 saturated heterocycles. The van der Waals surface area contributed by atoms with Crippen LogP contribution in [-0.2, 0) is 4.74 Å². The molecule has 0 radical (unpaired) electrons. The highest BCUT2D eigenvalue weighted by atomic mass is 19.4. The van der Waals surface area contributed by atoms with Gasteiger partial charge in [0.15, 0.2) is 11.5 Å². The molecule has 2 N–H and O–H groups in total. The van der Waals surface area contributed by atoms with E-state index in [1.807, 2.05) is 0 Å². The Kier molecular flexibility index (Phi) is 5.71. The predicted molar refractivity (Wildman–Crippen MR) is 101 cm³/mol. The number of rotatable bonds is 6. The molecule has 2 aromatic rings. The van der Waals surface area contributed by atoms with Gasteiger partial charge in [0, 0.05) is 18.6 Å². The van der Waals surface area contributed by atoms with Crippen LogP contribution in [0.3, 0.4) is 0 Å². The minimum absolute atomic E-state index is 0.175. The van der Waals surface area contributed by atoms with Crippen molar-refractivity contribution in [2.75, 3.05) is 12.0 Å². The maximum atomic E-state index is 13.2. The Hall–Kier alpha value is -2.93. The number of nitrogens with one attached hydrogen (secondary N) is 2. The zero-order chi connectivity index (χ0) is 23.0. The van der Waals surface area contributed by atoms with Crippen LogP contribution < -0.4 is 10.9 Å². The minimum Gasteiger partial charge on any atom is -0.348 e. The average molecular weight is 460 g/mol. The van der Waals surface area contributed by atoms with Gasteiger partial charge in [0.25, 0.3) is 0 Å². The fraction of sp³-hybridized carbons (Fsp3) is 0.421. The van der Waals surface area contributed by atoms with Crippen LogP contribution in [0.5, 0.6) is 0 Å². The van der Waals surface area contributed by atoms with Gasteiger partial charge in [0.05, 0.1) is 24.1 Å². The molecule has 0 amide bonds. The van der Waals surface area contributed by atoms with Gasteiger partial charge in [0.1, 0.15) is 6.33 Å². The topological polar surface area (TPSA) is 80.2 Å². The maximum absolute atomic E-state index is 13.2. The molecule has 4 rings (SSSR count). The summed E-state index contributed by atoms with van der Waals surface area (Å²) in [7, 11) is 0. The third-order valence-electron chi connectivity index (χ3n) is 5.14. The van der Waals surface area contributed by atoms with Crippen LogP contribution in [0.25, 0.3) is 11.8 Å². The Morgan fingerprint density at radius 3 is 2.47 bits per heavy atom. The number of pyridine rings is 1. The van der Waals surface area contributed by atoms with Crippen LogP contribution in [0.15, 0.2) is 43.0 Å². The smallest absolute Gasteiger partial charge is 0.348 e. The summed E-state index contributed by atoms with van der Waals surface area (Å²) in [6, 6.07) is 3.47. The molecule has 1 aliphatic carbocycles. The zero-order valence-corrected chi connectivity index (χ0v) is 16.4. The monoisotopic (exact) mass is 460 g/mol. The predicted octanol–water partition coefficient (Wildman–Crippen LogP) is 4.02. The number of hydrazine groups is 1. The number of aromatic nitrogens is 4. The van der Waals surface area contributed by atoms with Gasteiger partial charge >= 0.3 is 12.4 Å². The second-order valence-electron chi connectivity index (χ2n) is 7.55. The quantitative estimate of drug-likeness (QED) is 0.385. The highest BCUT2D eigenvalue weighted by Gasteiger charge is 2.49. The van der Waals surface area contributed by atoms with E-state index in [1.54, 1.807) is 30.6 Å². The Morgan fingerprint density at radius 2 is 1.84 bits per heavy atom. The first kappa shape index (κ1) is 22.3. The Bertz CT molecular complexity index is 996. The van der Waals surface area contributed by atoms with Gasteiger partial charge in [-0.15, -0.1) is 5.10 Å². The van der Waals surface area contributed by atoms with Gasteiger partial charge < -0.3 is 10.2 Å². The van der Waals surface area contributed by atoms with Gasteiger partial charge in [-0.2, -0.15) is 26.3 Å². The van der Waals surface area contributed by atoms with Gasteiger partial charge in [0.2, 0.25) is 0 Å². The van der Waals surface area contributed by atoms with Gasteiger partial charge in [-0.25, -0.2) is 15.1 Å². The first-order chi connectivity index (χ1) is 15.0. The largest absolute Gasteiger partial charge is 0.395 e. The van der Waals surface area contributed by atoms with Crippen molar-refractivity contribution in [3.8, 4) is 0 Å². The SMILES string of the molecule is FC(F)(F)C1C=C(c2ncn(/C=C\C3(NNc4ccncc4)CO3)n2)CC(C(F)(F)F)C1. The molecule has 32 heavy (non-hydrogen) atoms. The molecule has 1 fully saturated rings. The van der Waals surface area contributed by atoms with E-state index in [2.05, 4.69) is 25.9 Å². The van der Waals surface area contributed by atoms with E-state index in [1.165, 1.54) is 17.2 Å². The number of allylic oxidation sites excluding steroid dienone is 2. The van der Waals surface area contributed by atoms with Crippen LogP contribution >= 0.6 is 0 Å². The second kappa shape index (κ2) is 8.20. The molecule has 0 bridgehead atoms. The highest BCUT2D eigenvalue weighted by Crippen LogP contribution is 2.46. The lowest BCUT2D eigenvalue weighted by molar-refractivity contribution is -0.203.